The number of benzene rings is 1. The molecule has 1 amide bonds. The van der Waals surface area contributed by atoms with Crippen molar-refractivity contribution in [2.75, 3.05) is 5.32 Å². The molecule has 0 unspecified atom stereocenters. The van der Waals surface area contributed by atoms with E-state index in [0.717, 1.165) is 30.5 Å². The summed E-state index contributed by atoms with van der Waals surface area (Å²) < 4.78 is 0. The molecule has 22 heavy (non-hydrogen) atoms. The number of aromatic hydroxyl groups is 1. The molecular formula is C17H18N2O3. The van der Waals surface area contributed by atoms with Gasteiger partial charge < -0.3 is 15.4 Å². The molecule has 0 saturated carbocycles. The van der Waals surface area contributed by atoms with E-state index >= 15 is 0 Å². The zero-order valence-electron chi connectivity index (χ0n) is 12.4. The largest absolute Gasteiger partial charge is 0.507 e. The number of carbonyl (C=O) groups is 1. The van der Waals surface area contributed by atoms with E-state index < -0.39 is 11.5 Å². The lowest BCUT2D eigenvalue weighted by atomic mass is 9.93. The first kappa shape index (κ1) is 14.4. The van der Waals surface area contributed by atoms with Crippen molar-refractivity contribution in [2.45, 2.75) is 32.6 Å². The van der Waals surface area contributed by atoms with E-state index in [-0.39, 0.29) is 11.3 Å². The number of carbonyl (C=O) groups excluding carboxylic acids is 1. The third-order valence-electron chi connectivity index (χ3n) is 3.98. The first-order valence-electron chi connectivity index (χ1n) is 7.41. The van der Waals surface area contributed by atoms with Gasteiger partial charge in [0, 0.05) is 16.9 Å². The van der Waals surface area contributed by atoms with Gasteiger partial charge in [-0.05, 0) is 50.3 Å². The summed E-state index contributed by atoms with van der Waals surface area (Å²) in [6.45, 7) is 1.92. The van der Waals surface area contributed by atoms with Gasteiger partial charge in [-0.25, -0.2) is 0 Å². The van der Waals surface area contributed by atoms with Crippen molar-refractivity contribution in [1.82, 2.24) is 4.98 Å². The van der Waals surface area contributed by atoms with Gasteiger partial charge in [0.15, 0.2) is 0 Å². The minimum Gasteiger partial charge on any atom is -0.507 e. The summed E-state index contributed by atoms with van der Waals surface area (Å²) >= 11 is 0. The van der Waals surface area contributed by atoms with E-state index in [1.165, 1.54) is 0 Å². The highest BCUT2D eigenvalue weighted by Gasteiger charge is 2.23. The van der Waals surface area contributed by atoms with E-state index in [0.29, 0.717) is 17.7 Å². The molecule has 0 saturated heterocycles. The average Bonchev–Trinajstić information content (AvgIpc) is 2.47. The Morgan fingerprint density at radius 2 is 2.05 bits per heavy atom. The number of nitrogens with one attached hydrogen (secondary N) is 2. The van der Waals surface area contributed by atoms with Gasteiger partial charge in [-0.15, -0.1) is 0 Å². The smallest absolute Gasteiger partial charge is 0.265 e. The molecule has 1 heterocycles. The summed E-state index contributed by atoms with van der Waals surface area (Å²) in [6, 6.07) is 7.29. The topological polar surface area (TPSA) is 82.2 Å². The third-order valence-corrected chi connectivity index (χ3v) is 3.98. The molecule has 0 radical (unpaired) electrons. The van der Waals surface area contributed by atoms with Crippen LogP contribution >= 0.6 is 0 Å². The van der Waals surface area contributed by atoms with Crippen LogP contribution in [0.5, 0.6) is 5.75 Å². The maximum absolute atomic E-state index is 12.4. The number of hydrogen-bond acceptors (Lipinski definition) is 3. The highest BCUT2D eigenvalue weighted by molar-refractivity contribution is 6.06. The average molecular weight is 298 g/mol. The van der Waals surface area contributed by atoms with E-state index in [1.54, 1.807) is 6.07 Å². The van der Waals surface area contributed by atoms with Crippen molar-refractivity contribution in [2.24, 2.45) is 0 Å². The van der Waals surface area contributed by atoms with Gasteiger partial charge in [0.05, 0.1) is 0 Å². The second-order valence-electron chi connectivity index (χ2n) is 5.67. The summed E-state index contributed by atoms with van der Waals surface area (Å²) in [5.41, 5.74) is 2.30. The molecule has 3 rings (SSSR count). The molecular weight excluding hydrogens is 280 g/mol. The van der Waals surface area contributed by atoms with Crippen LogP contribution in [0, 0.1) is 6.92 Å². The van der Waals surface area contributed by atoms with Gasteiger partial charge in [-0.3, -0.25) is 9.59 Å². The number of amides is 1. The Hall–Kier alpha value is -2.56. The molecule has 1 aliphatic rings. The fourth-order valence-electron chi connectivity index (χ4n) is 2.89. The fourth-order valence-corrected chi connectivity index (χ4v) is 2.89. The maximum atomic E-state index is 12.4. The van der Waals surface area contributed by atoms with Crippen molar-refractivity contribution < 1.29 is 9.90 Å². The van der Waals surface area contributed by atoms with Gasteiger partial charge in [-0.1, -0.05) is 12.1 Å². The van der Waals surface area contributed by atoms with Crippen molar-refractivity contribution in [3.63, 3.8) is 0 Å². The Kier molecular flexibility index (Phi) is 3.71. The zero-order valence-corrected chi connectivity index (χ0v) is 12.4. The first-order chi connectivity index (χ1) is 10.6. The molecule has 5 nitrogen and oxygen atoms in total. The summed E-state index contributed by atoms with van der Waals surface area (Å²) in [7, 11) is 0. The molecule has 0 bridgehead atoms. The van der Waals surface area contributed by atoms with Crippen LogP contribution in [0.4, 0.5) is 5.69 Å². The van der Waals surface area contributed by atoms with Crippen LogP contribution in [0.3, 0.4) is 0 Å². The highest BCUT2D eigenvalue weighted by Crippen LogP contribution is 2.29. The Morgan fingerprint density at radius 1 is 1.27 bits per heavy atom. The molecule has 0 aliphatic heterocycles. The molecule has 3 N–H and O–H groups in total. The van der Waals surface area contributed by atoms with E-state index in [1.807, 2.05) is 25.1 Å². The normalized spacial score (nSPS) is 13.5. The lowest BCUT2D eigenvalue weighted by Crippen LogP contribution is -2.26. The summed E-state index contributed by atoms with van der Waals surface area (Å²) in [6.07, 6.45) is 3.35. The number of hydrogen-bond donors (Lipinski definition) is 3. The number of fused-ring (bicyclic) bond motifs is 1. The van der Waals surface area contributed by atoms with Crippen molar-refractivity contribution in [3.8, 4) is 5.75 Å². The molecule has 0 fully saturated rings. The molecule has 0 atom stereocenters. The second-order valence-corrected chi connectivity index (χ2v) is 5.67. The number of rotatable bonds is 2. The van der Waals surface area contributed by atoms with Gasteiger partial charge in [0.1, 0.15) is 11.3 Å². The number of aromatic amines is 1. The van der Waals surface area contributed by atoms with Crippen LogP contribution in [0.2, 0.25) is 0 Å². The maximum Gasteiger partial charge on any atom is 0.265 e. The molecule has 1 aliphatic carbocycles. The number of pyridine rings is 1. The second kappa shape index (κ2) is 5.67. The van der Waals surface area contributed by atoms with Crippen molar-refractivity contribution in [3.05, 3.63) is 57.0 Å². The minimum atomic E-state index is -0.585. The molecule has 114 valence electrons. The standard InChI is InChI=1S/C17H18N2O3/c1-10-5-4-6-11(9-10)18-16(21)14-15(20)12-7-2-3-8-13(12)19-17(14)22/h4-6,9H,2-3,7-8H2,1H3,(H,18,21)(H2,19,20,22). The molecule has 1 aromatic carbocycles. The fraction of sp³-hybridized carbons (Fsp3) is 0.294. The van der Waals surface area contributed by atoms with Gasteiger partial charge >= 0.3 is 0 Å². The molecule has 5 heteroatoms. The lowest BCUT2D eigenvalue weighted by Gasteiger charge is -2.18. The predicted octanol–water partition coefficient (Wildman–Crippen LogP) is 2.52. The van der Waals surface area contributed by atoms with Crippen LogP contribution in [-0.2, 0) is 12.8 Å². The van der Waals surface area contributed by atoms with Crippen LogP contribution in [0.1, 0.15) is 40.0 Å². The number of anilines is 1. The third kappa shape index (κ3) is 2.62. The monoisotopic (exact) mass is 298 g/mol. The quantitative estimate of drug-likeness (QED) is 0.796. The Morgan fingerprint density at radius 3 is 2.82 bits per heavy atom. The van der Waals surface area contributed by atoms with Crippen molar-refractivity contribution >= 4 is 11.6 Å². The van der Waals surface area contributed by atoms with Gasteiger partial charge in [0.25, 0.3) is 11.5 Å². The van der Waals surface area contributed by atoms with E-state index in [4.69, 9.17) is 0 Å². The molecule has 0 spiro atoms. The summed E-state index contributed by atoms with van der Waals surface area (Å²) in [4.78, 5) is 27.2. The Balaban J connectivity index is 1.97. The van der Waals surface area contributed by atoms with Gasteiger partial charge in [-0.2, -0.15) is 0 Å². The SMILES string of the molecule is Cc1cccc(NC(=O)c2c(O)c3c([nH]c2=O)CCCC3)c1. The van der Waals surface area contributed by atoms with E-state index in [9.17, 15) is 14.7 Å². The first-order valence-corrected chi connectivity index (χ1v) is 7.41. The van der Waals surface area contributed by atoms with Crippen LogP contribution < -0.4 is 10.9 Å². The number of H-pyrrole nitrogens is 1. The van der Waals surface area contributed by atoms with Crippen molar-refractivity contribution in [1.29, 1.82) is 0 Å². The Bertz CT molecular complexity index is 793. The number of aryl methyl sites for hydroxylation is 2. The lowest BCUT2D eigenvalue weighted by molar-refractivity contribution is 0.102. The van der Waals surface area contributed by atoms with Gasteiger partial charge in [0.2, 0.25) is 0 Å². The minimum absolute atomic E-state index is 0.177. The summed E-state index contributed by atoms with van der Waals surface area (Å²) in [5.74, 6) is -0.763. The van der Waals surface area contributed by atoms with E-state index in [2.05, 4.69) is 10.3 Å². The van der Waals surface area contributed by atoms with Crippen LogP contribution in [0.15, 0.2) is 29.1 Å². The molecule has 2 aromatic rings. The highest BCUT2D eigenvalue weighted by atomic mass is 16.3. The Labute approximate surface area is 128 Å². The summed E-state index contributed by atoms with van der Waals surface area (Å²) in [5, 5.41) is 13.0. The zero-order chi connectivity index (χ0) is 15.7. The van der Waals surface area contributed by atoms with Crippen LogP contribution in [0.25, 0.3) is 0 Å². The predicted molar refractivity (Wildman–Crippen MR) is 84.5 cm³/mol. The number of aromatic nitrogens is 1. The molecule has 1 aromatic heterocycles. The van der Waals surface area contributed by atoms with Crippen LogP contribution in [-0.4, -0.2) is 16.0 Å².